The average molecular weight is 392 g/mol. The Balaban J connectivity index is 1.66. The molecule has 2 aromatic rings. The lowest BCUT2D eigenvalue weighted by molar-refractivity contribution is -0.137. The van der Waals surface area contributed by atoms with Crippen LogP contribution in [0.5, 0.6) is 0 Å². The maximum absolute atomic E-state index is 13.7. The van der Waals surface area contributed by atoms with Gasteiger partial charge < -0.3 is 15.2 Å². The van der Waals surface area contributed by atoms with Gasteiger partial charge in [0, 0.05) is 18.7 Å². The molecule has 0 unspecified atom stereocenters. The van der Waals surface area contributed by atoms with Gasteiger partial charge in [0.05, 0.1) is 17.0 Å². The summed E-state index contributed by atoms with van der Waals surface area (Å²) in [6.07, 6.45) is 0.512. The quantitative estimate of drug-likeness (QED) is 0.773. The number of halogens is 2. The lowest BCUT2D eigenvalue weighted by Gasteiger charge is -2.19. The van der Waals surface area contributed by atoms with Crippen molar-refractivity contribution in [2.45, 2.75) is 25.4 Å². The molecule has 5 nitrogen and oxygen atoms in total. The molecule has 1 fully saturated rings. The number of carboxylic acids is 1. The van der Waals surface area contributed by atoms with Gasteiger partial charge in [-0.1, -0.05) is 29.8 Å². The first-order valence-electron chi connectivity index (χ1n) is 8.62. The molecule has 0 saturated carbocycles. The van der Waals surface area contributed by atoms with Crippen LogP contribution in [-0.2, 0) is 20.7 Å². The molecule has 0 radical (unpaired) electrons. The Labute approximate surface area is 161 Å². The minimum Gasteiger partial charge on any atom is -0.481 e. The van der Waals surface area contributed by atoms with Crippen LogP contribution in [0.25, 0.3) is 0 Å². The number of nitrogens with one attached hydrogen (secondary N) is 1. The van der Waals surface area contributed by atoms with Gasteiger partial charge >= 0.3 is 5.97 Å². The Hall–Kier alpha value is -2.44. The van der Waals surface area contributed by atoms with Gasteiger partial charge in [-0.3, -0.25) is 9.59 Å². The smallest absolute Gasteiger partial charge is 0.303 e. The van der Waals surface area contributed by atoms with Crippen molar-refractivity contribution in [3.8, 4) is 0 Å². The Bertz CT molecular complexity index is 840. The molecule has 0 aromatic heterocycles. The van der Waals surface area contributed by atoms with E-state index in [1.807, 2.05) is 0 Å². The zero-order valence-electron chi connectivity index (χ0n) is 14.5. The van der Waals surface area contributed by atoms with E-state index in [0.717, 1.165) is 5.56 Å². The van der Waals surface area contributed by atoms with Crippen LogP contribution >= 0.6 is 11.6 Å². The first-order valence-corrected chi connectivity index (χ1v) is 9.00. The molecule has 0 bridgehead atoms. The zero-order valence-corrected chi connectivity index (χ0v) is 15.2. The summed E-state index contributed by atoms with van der Waals surface area (Å²) in [5.74, 6) is -2.03. The van der Waals surface area contributed by atoms with E-state index < -0.39 is 23.8 Å². The van der Waals surface area contributed by atoms with Crippen molar-refractivity contribution in [2.24, 2.45) is 5.92 Å². The molecule has 1 aliphatic heterocycles. The maximum Gasteiger partial charge on any atom is 0.303 e. The number of hydrogen-bond acceptors (Lipinski definition) is 3. The summed E-state index contributed by atoms with van der Waals surface area (Å²) in [6.45, 7) is 0.418. The van der Waals surface area contributed by atoms with Crippen LogP contribution in [0.2, 0.25) is 5.02 Å². The Kier molecular flexibility index (Phi) is 6.08. The van der Waals surface area contributed by atoms with Gasteiger partial charge in [-0.15, -0.1) is 0 Å². The molecule has 1 saturated heterocycles. The molecule has 0 spiro atoms. The molecule has 7 heteroatoms. The summed E-state index contributed by atoms with van der Waals surface area (Å²) in [4.78, 5) is 23.3. The Morgan fingerprint density at radius 1 is 1.22 bits per heavy atom. The number of aliphatic carboxylic acids is 1. The number of hydrogen-bond donors (Lipinski definition) is 2. The molecular formula is C20H19ClFNO4. The molecular weight excluding hydrogens is 373 g/mol. The second-order valence-corrected chi connectivity index (χ2v) is 6.85. The number of carboxylic acid groups (broad SMARTS) is 1. The van der Waals surface area contributed by atoms with Crippen LogP contribution in [0.3, 0.4) is 0 Å². The average Bonchev–Trinajstić information content (AvgIpc) is 3.13. The normalized spacial score (nSPS) is 19.0. The number of carbonyl (C=O) groups is 2. The minimum atomic E-state index is -0.849. The van der Waals surface area contributed by atoms with Crippen LogP contribution < -0.4 is 5.32 Å². The summed E-state index contributed by atoms with van der Waals surface area (Å²) in [5.41, 5.74) is 2.08. The molecule has 2 atom stereocenters. The number of rotatable bonds is 6. The highest BCUT2D eigenvalue weighted by atomic mass is 35.5. The van der Waals surface area contributed by atoms with E-state index in [9.17, 15) is 14.0 Å². The Morgan fingerprint density at radius 3 is 2.63 bits per heavy atom. The van der Waals surface area contributed by atoms with E-state index in [1.54, 1.807) is 30.3 Å². The number of carbonyl (C=O) groups excluding carboxylic acids is 1. The third-order valence-corrected chi connectivity index (χ3v) is 4.86. The Morgan fingerprint density at radius 2 is 1.96 bits per heavy atom. The third kappa shape index (κ3) is 4.84. The van der Waals surface area contributed by atoms with Gasteiger partial charge in [0.15, 0.2) is 0 Å². The molecule has 1 aliphatic rings. The largest absolute Gasteiger partial charge is 0.481 e. The minimum absolute atomic E-state index is 0.0285. The molecule has 1 amide bonds. The standard InChI is InChI=1S/C20H19ClFNO4/c21-16-7-4-13(11-17(16)22)19-15(9-10-27-19)20(26)23-14-5-1-12(2-6-14)3-8-18(24)25/h1-2,4-7,11,15,19H,3,8-10H2,(H,23,26)(H,24,25)/t15-,19+/m1/s1. The van der Waals surface area contributed by atoms with Crippen molar-refractivity contribution in [1.29, 1.82) is 0 Å². The van der Waals surface area contributed by atoms with Crippen LogP contribution in [0.4, 0.5) is 10.1 Å². The van der Waals surface area contributed by atoms with Crippen molar-refractivity contribution in [3.05, 3.63) is 64.4 Å². The van der Waals surface area contributed by atoms with Gasteiger partial charge in [0.25, 0.3) is 0 Å². The van der Waals surface area contributed by atoms with Crippen molar-refractivity contribution >= 4 is 29.2 Å². The number of amides is 1. The summed E-state index contributed by atoms with van der Waals surface area (Å²) < 4.78 is 19.4. The fourth-order valence-electron chi connectivity index (χ4n) is 3.12. The maximum atomic E-state index is 13.7. The van der Waals surface area contributed by atoms with Crippen molar-refractivity contribution in [1.82, 2.24) is 0 Å². The highest BCUT2D eigenvalue weighted by Crippen LogP contribution is 2.36. The SMILES string of the molecule is O=C(O)CCc1ccc(NC(=O)[C@@H]2CCO[C@H]2c2ccc(Cl)c(F)c2)cc1. The first-order chi connectivity index (χ1) is 12.9. The van der Waals surface area contributed by atoms with E-state index in [2.05, 4.69) is 5.32 Å². The van der Waals surface area contributed by atoms with Crippen LogP contribution in [0, 0.1) is 11.7 Å². The van der Waals surface area contributed by atoms with Gasteiger partial charge in [0.2, 0.25) is 5.91 Å². The number of anilines is 1. The predicted molar refractivity (Wildman–Crippen MR) is 99.2 cm³/mol. The number of ether oxygens (including phenoxy) is 1. The lowest BCUT2D eigenvalue weighted by atomic mass is 9.94. The molecule has 2 aromatic carbocycles. The number of aryl methyl sites for hydroxylation is 1. The molecule has 142 valence electrons. The lowest BCUT2D eigenvalue weighted by Crippen LogP contribution is -2.25. The molecule has 3 rings (SSSR count). The zero-order chi connectivity index (χ0) is 19.4. The topological polar surface area (TPSA) is 75.6 Å². The van der Waals surface area contributed by atoms with Gasteiger partial charge in [-0.2, -0.15) is 0 Å². The highest BCUT2D eigenvalue weighted by Gasteiger charge is 2.35. The number of benzene rings is 2. The molecule has 1 heterocycles. The van der Waals surface area contributed by atoms with Gasteiger partial charge in [-0.05, 0) is 48.2 Å². The first kappa shape index (κ1) is 19.3. The van der Waals surface area contributed by atoms with Crippen molar-refractivity contribution in [3.63, 3.8) is 0 Å². The summed E-state index contributed by atoms with van der Waals surface area (Å²) >= 11 is 5.72. The van der Waals surface area contributed by atoms with Crippen LogP contribution in [0.15, 0.2) is 42.5 Å². The fourth-order valence-corrected chi connectivity index (χ4v) is 3.23. The second-order valence-electron chi connectivity index (χ2n) is 6.44. The van der Waals surface area contributed by atoms with E-state index >= 15 is 0 Å². The van der Waals surface area contributed by atoms with Crippen LogP contribution in [-0.4, -0.2) is 23.6 Å². The third-order valence-electron chi connectivity index (χ3n) is 4.55. The van der Waals surface area contributed by atoms with Crippen molar-refractivity contribution < 1.29 is 23.8 Å². The monoisotopic (exact) mass is 391 g/mol. The van der Waals surface area contributed by atoms with E-state index in [0.29, 0.717) is 30.7 Å². The molecule has 0 aliphatic carbocycles. The molecule has 2 N–H and O–H groups in total. The molecule has 27 heavy (non-hydrogen) atoms. The van der Waals surface area contributed by atoms with Gasteiger partial charge in [0.1, 0.15) is 5.82 Å². The van der Waals surface area contributed by atoms with Gasteiger partial charge in [-0.25, -0.2) is 4.39 Å². The predicted octanol–water partition coefficient (Wildman–Crippen LogP) is 4.21. The second kappa shape index (κ2) is 8.50. The summed E-state index contributed by atoms with van der Waals surface area (Å²) in [5, 5.41) is 11.6. The fraction of sp³-hybridized carbons (Fsp3) is 0.300. The van der Waals surface area contributed by atoms with Crippen molar-refractivity contribution in [2.75, 3.05) is 11.9 Å². The highest BCUT2D eigenvalue weighted by molar-refractivity contribution is 6.30. The van der Waals surface area contributed by atoms with E-state index in [-0.39, 0.29) is 17.4 Å². The van der Waals surface area contributed by atoms with E-state index in [1.165, 1.54) is 12.1 Å². The summed E-state index contributed by atoms with van der Waals surface area (Å²) in [7, 11) is 0. The van der Waals surface area contributed by atoms with E-state index in [4.69, 9.17) is 21.4 Å². The van der Waals surface area contributed by atoms with Crippen LogP contribution in [0.1, 0.15) is 30.1 Å². The summed E-state index contributed by atoms with van der Waals surface area (Å²) in [6, 6.07) is 11.5.